The highest BCUT2D eigenvalue weighted by Gasteiger charge is 2.24. The predicted octanol–water partition coefficient (Wildman–Crippen LogP) is 4.63. The summed E-state index contributed by atoms with van der Waals surface area (Å²) in [6.07, 6.45) is 4.92. The maximum absolute atomic E-state index is 11.7. The quantitative estimate of drug-likeness (QED) is 0.488. The number of hydrogen-bond donors (Lipinski definition) is 1. The molecular formula is C27H33N5O2S. The zero-order chi connectivity index (χ0) is 25.2. The van der Waals surface area contributed by atoms with Gasteiger partial charge < -0.3 is 10.2 Å². The van der Waals surface area contributed by atoms with Gasteiger partial charge in [-0.2, -0.15) is 5.10 Å². The van der Waals surface area contributed by atoms with Crippen molar-refractivity contribution >= 4 is 39.8 Å². The molecule has 0 unspecified atom stereocenters. The molecule has 1 aliphatic heterocycles. The average molecular weight is 492 g/mol. The van der Waals surface area contributed by atoms with Crippen LogP contribution in [0.1, 0.15) is 31.9 Å². The van der Waals surface area contributed by atoms with Crippen molar-refractivity contribution in [1.82, 2.24) is 15.1 Å². The van der Waals surface area contributed by atoms with Gasteiger partial charge >= 0.3 is 0 Å². The van der Waals surface area contributed by atoms with E-state index < -0.39 is 9.84 Å². The molecule has 2 atom stereocenters. The largest absolute Gasteiger partial charge is 0.364 e. The Kier molecular flexibility index (Phi) is 7.23. The van der Waals surface area contributed by atoms with E-state index >= 15 is 0 Å². The lowest BCUT2D eigenvalue weighted by atomic mass is 10.0. The summed E-state index contributed by atoms with van der Waals surface area (Å²) in [7, 11) is -3.12. The fourth-order valence-electron chi connectivity index (χ4n) is 4.74. The molecule has 0 aliphatic carbocycles. The van der Waals surface area contributed by atoms with Crippen molar-refractivity contribution in [3.63, 3.8) is 0 Å². The number of benzene rings is 2. The molecule has 4 rings (SSSR count). The van der Waals surface area contributed by atoms with E-state index in [0.717, 1.165) is 40.9 Å². The highest BCUT2D eigenvalue weighted by molar-refractivity contribution is 7.89. The first-order valence-electron chi connectivity index (χ1n) is 11.8. The number of sulfone groups is 1. The van der Waals surface area contributed by atoms with Gasteiger partial charge in [-0.15, -0.1) is 0 Å². The summed E-state index contributed by atoms with van der Waals surface area (Å²) in [6.45, 7) is 12.3. The van der Waals surface area contributed by atoms with Crippen molar-refractivity contribution < 1.29 is 8.42 Å². The molecule has 1 N–H and O–H groups in total. The van der Waals surface area contributed by atoms with E-state index in [9.17, 15) is 8.42 Å². The van der Waals surface area contributed by atoms with E-state index in [1.54, 1.807) is 10.9 Å². The SMILES string of the molecule is C=Nc1c(-c2cccc(CS(C)(=O)=O)c2)cnn1/C=C(\C)c1ccc(N2[C@H](C)CNC[C@@H]2C)cc1. The van der Waals surface area contributed by atoms with Crippen LogP contribution in [0.2, 0.25) is 0 Å². The Morgan fingerprint density at radius 1 is 1.17 bits per heavy atom. The van der Waals surface area contributed by atoms with Gasteiger partial charge in [0.1, 0.15) is 0 Å². The number of nitrogens with one attached hydrogen (secondary N) is 1. The van der Waals surface area contributed by atoms with E-state index in [1.807, 2.05) is 37.4 Å². The van der Waals surface area contributed by atoms with Crippen LogP contribution in [0, 0.1) is 0 Å². The Labute approximate surface area is 208 Å². The van der Waals surface area contributed by atoms with Crippen molar-refractivity contribution in [1.29, 1.82) is 0 Å². The number of hydrogen-bond acceptors (Lipinski definition) is 6. The number of aromatic nitrogens is 2. The van der Waals surface area contributed by atoms with Crippen LogP contribution in [0.5, 0.6) is 0 Å². The molecule has 2 aromatic carbocycles. The lowest BCUT2D eigenvalue weighted by Crippen LogP contribution is -2.55. The van der Waals surface area contributed by atoms with Gasteiger partial charge in [-0.1, -0.05) is 30.3 Å². The lowest BCUT2D eigenvalue weighted by Gasteiger charge is -2.41. The van der Waals surface area contributed by atoms with Crippen molar-refractivity contribution in [3.8, 4) is 11.1 Å². The number of aliphatic imine (C=N–C) groups is 1. The van der Waals surface area contributed by atoms with Gasteiger partial charge in [0.15, 0.2) is 15.7 Å². The van der Waals surface area contributed by atoms with Gasteiger partial charge in [-0.05, 0) is 68.0 Å². The van der Waals surface area contributed by atoms with E-state index in [2.05, 4.69) is 65.1 Å². The summed E-state index contributed by atoms with van der Waals surface area (Å²) in [5, 5.41) is 7.99. The molecule has 0 bridgehead atoms. The zero-order valence-corrected chi connectivity index (χ0v) is 21.6. The van der Waals surface area contributed by atoms with Gasteiger partial charge in [0, 0.05) is 48.9 Å². The number of rotatable bonds is 7. The van der Waals surface area contributed by atoms with E-state index in [1.165, 1.54) is 11.9 Å². The van der Waals surface area contributed by atoms with Crippen LogP contribution >= 0.6 is 0 Å². The second-order valence-corrected chi connectivity index (χ2v) is 11.5. The van der Waals surface area contributed by atoms with Gasteiger partial charge in [0.2, 0.25) is 0 Å². The molecule has 1 saturated heterocycles. The average Bonchev–Trinajstić information content (AvgIpc) is 3.21. The molecule has 1 fully saturated rings. The minimum absolute atomic E-state index is 0.00761. The second kappa shape index (κ2) is 10.2. The number of nitrogens with zero attached hydrogens (tertiary/aromatic N) is 4. The number of anilines is 1. The molecular weight excluding hydrogens is 458 g/mol. The Morgan fingerprint density at radius 2 is 1.86 bits per heavy atom. The van der Waals surface area contributed by atoms with Crippen molar-refractivity contribution in [2.75, 3.05) is 24.2 Å². The molecule has 1 aliphatic rings. The van der Waals surface area contributed by atoms with Crippen LogP contribution in [-0.2, 0) is 15.6 Å². The minimum atomic E-state index is -3.12. The first kappa shape index (κ1) is 24.9. The van der Waals surface area contributed by atoms with E-state index in [0.29, 0.717) is 17.9 Å². The molecule has 184 valence electrons. The standard InChI is InChI=1S/C27H33N5O2S/c1-19(23-9-11-25(12-10-23)32-20(2)14-29-15-21(32)3)17-31-27(28-4)26(16-30-31)24-8-6-7-22(13-24)18-35(5,33)34/h6-13,16-17,20-21,29H,4,14-15,18H2,1-3,5H3/b19-17+/t20-,21+. The summed E-state index contributed by atoms with van der Waals surface area (Å²) in [5.41, 5.74) is 5.76. The van der Waals surface area contributed by atoms with Gasteiger partial charge in [-0.25, -0.2) is 18.1 Å². The number of piperazine rings is 1. The molecule has 0 amide bonds. The maximum Gasteiger partial charge on any atom is 0.162 e. The van der Waals surface area contributed by atoms with Crippen molar-refractivity contribution in [2.24, 2.45) is 4.99 Å². The molecule has 7 nitrogen and oxygen atoms in total. The van der Waals surface area contributed by atoms with E-state index in [-0.39, 0.29) is 5.75 Å². The summed E-state index contributed by atoms with van der Waals surface area (Å²) in [4.78, 5) is 6.69. The Balaban J connectivity index is 1.60. The predicted molar refractivity (Wildman–Crippen MR) is 146 cm³/mol. The van der Waals surface area contributed by atoms with Gasteiger partial charge in [0.25, 0.3) is 0 Å². The summed E-state index contributed by atoms with van der Waals surface area (Å²) >= 11 is 0. The Hall–Kier alpha value is -3.23. The molecule has 2 heterocycles. The van der Waals surface area contributed by atoms with Crippen molar-refractivity contribution in [3.05, 3.63) is 65.9 Å². The Morgan fingerprint density at radius 3 is 2.49 bits per heavy atom. The first-order chi connectivity index (χ1) is 16.7. The van der Waals surface area contributed by atoms with Crippen molar-refractivity contribution in [2.45, 2.75) is 38.6 Å². The highest BCUT2D eigenvalue weighted by Crippen LogP contribution is 2.32. The molecule has 1 aromatic heterocycles. The van der Waals surface area contributed by atoms with Crippen LogP contribution in [0.25, 0.3) is 22.9 Å². The maximum atomic E-state index is 11.7. The Bertz CT molecular complexity index is 1330. The van der Waals surface area contributed by atoms with Crippen LogP contribution in [0.15, 0.2) is 59.7 Å². The molecule has 0 radical (unpaired) electrons. The third-order valence-corrected chi connectivity index (χ3v) is 7.21. The fourth-order valence-corrected chi connectivity index (χ4v) is 5.52. The van der Waals surface area contributed by atoms with E-state index in [4.69, 9.17) is 0 Å². The smallest absolute Gasteiger partial charge is 0.162 e. The fraction of sp³-hybridized carbons (Fsp3) is 0.333. The minimum Gasteiger partial charge on any atom is -0.364 e. The summed E-state index contributed by atoms with van der Waals surface area (Å²) < 4.78 is 25.2. The van der Waals surface area contributed by atoms with Gasteiger partial charge in [-0.3, -0.25) is 0 Å². The molecule has 35 heavy (non-hydrogen) atoms. The second-order valence-electron chi connectivity index (χ2n) is 9.38. The highest BCUT2D eigenvalue weighted by atomic mass is 32.2. The normalized spacial score (nSPS) is 19.1. The molecule has 0 saturated carbocycles. The molecule has 0 spiro atoms. The monoisotopic (exact) mass is 491 g/mol. The lowest BCUT2D eigenvalue weighted by molar-refractivity contribution is 0.432. The van der Waals surface area contributed by atoms with Crippen LogP contribution in [0.4, 0.5) is 11.5 Å². The zero-order valence-electron chi connectivity index (χ0n) is 20.8. The van der Waals surface area contributed by atoms with Crippen LogP contribution in [-0.4, -0.2) is 56.3 Å². The van der Waals surface area contributed by atoms with Gasteiger partial charge in [0.05, 0.1) is 11.9 Å². The third kappa shape index (κ3) is 5.71. The van der Waals surface area contributed by atoms with Crippen LogP contribution in [0.3, 0.4) is 0 Å². The summed E-state index contributed by atoms with van der Waals surface area (Å²) in [6, 6.07) is 17.0. The third-order valence-electron chi connectivity index (χ3n) is 6.35. The molecule has 3 aromatic rings. The topological polar surface area (TPSA) is 79.6 Å². The molecule has 8 heteroatoms. The first-order valence-corrected chi connectivity index (χ1v) is 13.8. The summed E-state index contributed by atoms with van der Waals surface area (Å²) in [5.74, 6) is 0.604. The number of allylic oxidation sites excluding steroid dienone is 1. The van der Waals surface area contributed by atoms with Crippen LogP contribution < -0.4 is 10.2 Å².